The molecule has 2 fully saturated rings. The van der Waals surface area contributed by atoms with Crippen molar-refractivity contribution >= 4 is 11.5 Å². The van der Waals surface area contributed by atoms with Gasteiger partial charge in [-0.1, -0.05) is 66.2 Å². The lowest BCUT2D eigenvalue weighted by Gasteiger charge is -2.31. The largest absolute Gasteiger partial charge is 0.455 e. The van der Waals surface area contributed by atoms with E-state index in [1.807, 2.05) is 54.6 Å². The molecule has 160 valence electrons. The zero-order chi connectivity index (χ0) is 21.5. The van der Waals surface area contributed by atoms with Crippen molar-refractivity contribution in [3.05, 3.63) is 101 Å². The predicted molar refractivity (Wildman–Crippen MR) is 126 cm³/mol. The van der Waals surface area contributed by atoms with Gasteiger partial charge in [0.1, 0.15) is 11.5 Å². The lowest BCUT2D eigenvalue weighted by Crippen LogP contribution is -2.35. The molecule has 0 aliphatic carbocycles. The highest BCUT2D eigenvalue weighted by molar-refractivity contribution is 6.01. The van der Waals surface area contributed by atoms with E-state index >= 15 is 0 Å². The van der Waals surface area contributed by atoms with Gasteiger partial charge in [-0.05, 0) is 49.0 Å². The van der Waals surface area contributed by atoms with Gasteiger partial charge < -0.3 is 15.4 Å². The number of rotatable bonds is 3. The molecule has 0 radical (unpaired) electrons. The summed E-state index contributed by atoms with van der Waals surface area (Å²) in [5.74, 6) is 1.39. The first-order chi connectivity index (χ1) is 15.8. The minimum Gasteiger partial charge on any atom is -0.455 e. The van der Waals surface area contributed by atoms with Crippen LogP contribution in [-0.4, -0.2) is 18.0 Å². The second-order valence-electron chi connectivity index (χ2n) is 8.97. The third kappa shape index (κ3) is 3.41. The Labute approximate surface area is 188 Å². The van der Waals surface area contributed by atoms with Crippen molar-refractivity contribution in [1.82, 2.24) is 10.6 Å². The molecule has 4 nitrogen and oxygen atoms in total. The number of para-hydroxylation sites is 2. The lowest BCUT2D eigenvalue weighted by molar-refractivity contribution is 0.0948. The van der Waals surface area contributed by atoms with Crippen LogP contribution in [0.15, 0.2) is 78.4 Å². The van der Waals surface area contributed by atoms with Crippen LogP contribution in [0.2, 0.25) is 0 Å². The third-order valence-electron chi connectivity index (χ3n) is 6.87. The minimum absolute atomic E-state index is 0.111. The van der Waals surface area contributed by atoms with Crippen molar-refractivity contribution in [3.8, 4) is 11.5 Å². The maximum atomic E-state index is 13.2. The molecule has 2 N–H and O–H groups in total. The minimum atomic E-state index is -0.111. The van der Waals surface area contributed by atoms with Crippen LogP contribution in [0.1, 0.15) is 52.7 Å². The second-order valence-corrected chi connectivity index (χ2v) is 8.97. The molecular weight excluding hydrogens is 396 g/mol. The zero-order valence-corrected chi connectivity index (χ0v) is 17.9. The second kappa shape index (κ2) is 7.95. The summed E-state index contributed by atoms with van der Waals surface area (Å²) in [5.41, 5.74) is 6.58. The monoisotopic (exact) mass is 422 g/mol. The topological polar surface area (TPSA) is 50.4 Å². The van der Waals surface area contributed by atoms with Crippen molar-refractivity contribution in [3.63, 3.8) is 0 Å². The van der Waals surface area contributed by atoms with Gasteiger partial charge in [-0.25, -0.2) is 0 Å². The number of fused-ring (bicyclic) bond motifs is 4. The van der Waals surface area contributed by atoms with Crippen LogP contribution in [0.4, 0.5) is 0 Å². The van der Waals surface area contributed by atoms with Gasteiger partial charge in [0.2, 0.25) is 0 Å². The molecule has 2 unspecified atom stereocenters. The number of carbonyl (C=O) groups is 1. The Morgan fingerprint density at radius 2 is 1.59 bits per heavy atom. The fourth-order valence-corrected chi connectivity index (χ4v) is 5.40. The number of benzene rings is 3. The molecule has 6 rings (SSSR count). The van der Waals surface area contributed by atoms with Crippen molar-refractivity contribution in [2.24, 2.45) is 0 Å². The number of amides is 1. The van der Waals surface area contributed by atoms with Crippen molar-refractivity contribution < 1.29 is 9.53 Å². The van der Waals surface area contributed by atoms with Crippen LogP contribution in [-0.2, 0) is 6.54 Å². The molecule has 2 atom stereocenters. The molecule has 3 heterocycles. The van der Waals surface area contributed by atoms with E-state index in [0.29, 0.717) is 29.9 Å². The Bertz CT molecular complexity index is 1200. The van der Waals surface area contributed by atoms with Crippen LogP contribution in [0.3, 0.4) is 0 Å². The van der Waals surface area contributed by atoms with E-state index in [1.165, 1.54) is 24.0 Å². The molecule has 32 heavy (non-hydrogen) atoms. The average Bonchev–Trinajstić information content (AvgIpc) is 3.18. The molecule has 3 aliphatic rings. The summed E-state index contributed by atoms with van der Waals surface area (Å²) in [4.78, 5) is 13.2. The zero-order valence-electron chi connectivity index (χ0n) is 17.9. The molecule has 2 bridgehead atoms. The highest BCUT2D eigenvalue weighted by Crippen LogP contribution is 2.49. The van der Waals surface area contributed by atoms with Gasteiger partial charge in [0.15, 0.2) is 0 Å². The number of carbonyl (C=O) groups excluding carboxylic acids is 1. The van der Waals surface area contributed by atoms with Gasteiger partial charge in [-0.3, -0.25) is 4.79 Å². The Morgan fingerprint density at radius 3 is 2.41 bits per heavy atom. The van der Waals surface area contributed by atoms with Gasteiger partial charge in [0.05, 0.1) is 5.56 Å². The summed E-state index contributed by atoms with van der Waals surface area (Å²) in [6.45, 7) is 0.489. The normalized spacial score (nSPS) is 20.9. The molecule has 0 aromatic heterocycles. The summed E-state index contributed by atoms with van der Waals surface area (Å²) >= 11 is 0. The Balaban J connectivity index is 1.41. The van der Waals surface area contributed by atoms with Crippen molar-refractivity contribution in [2.45, 2.75) is 44.3 Å². The van der Waals surface area contributed by atoms with E-state index in [0.717, 1.165) is 35.3 Å². The molecule has 3 aliphatic heterocycles. The summed E-state index contributed by atoms with van der Waals surface area (Å²) < 4.78 is 6.36. The first-order valence-electron chi connectivity index (χ1n) is 11.5. The van der Waals surface area contributed by atoms with E-state index in [9.17, 15) is 4.79 Å². The molecule has 4 heteroatoms. The van der Waals surface area contributed by atoms with Crippen LogP contribution in [0.25, 0.3) is 5.57 Å². The third-order valence-corrected chi connectivity index (χ3v) is 6.87. The van der Waals surface area contributed by atoms with Crippen LogP contribution in [0.5, 0.6) is 11.5 Å². The van der Waals surface area contributed by atoms with Gasteiger partial charge in [0, 0.05) is 29.8 Å². The number of nitrogens with one attached hydrogen (secondary N) is 2. The fourth-order valence-electron chi connectivity index (χ4n) is 5.40. The molecule has 0 saturated carbocycles. The number of hydrogen-bond donors (Lipinski definition) is 2. The lowest BCUT2D eigenvalue weighted by atomic mass is 9.84. The van der Waals surface area contributed by atoms with Gasteiger partial charge in [0.25, 0.3) is 5.91 Å². The quantitative estimate of drug-likeness (QED) is 0.462. The maximum Gasteiger partial charge on any atom is 0.255 e. The molecule has 2 saturated heterocycles. The first kappa shape index (κ1) is 19.3. The molecular formula is C28H26N2O2. The fraction of sp³-hybridized carbons (Fsp3) is 0.250. The maximum absolute atomic E-state index is 13.2. The smallest absolute Gasteiger partial charge is 0.255 e. The van der Waals surface area contributed by atoms with E-state index in [-0.39, 0.29) is 5.91 Å². The SMILES string of the molecule is O=C(NCc1ccccc1)c1cccc2c1Oc1ccccc1C2=C1CC2CCC(C1)N2. The Morgan fingerprint density at radius 1 is 0.875 bits per heavy atom. The van der Waals surface area contributed by atoms with Crippen LogP contribution >= 0.6 is 0 Å². The van der Waals surface area contributed by atoms with Crippen LogP contribution in [0, 0.1) is 0 Å². The van der Waals surface area contributed by atoms with E-state index in [4.69, 9.17) is 4.74 Å². The van der Waals surface area contributed by atoms with Gasteiger partial charge >= 0.3 is 0 Å². The van der Waals surface area contributed by atoms with Gasteiger partial charge in [-0.15, -0.1) is 0 Å². The summed E-state index contributed by atoms with van der Waals surface area (Å²) in [5, 5.41) is 6.80. The standard InChI is InChI=1S/C28H26N2O2/c31-28(29-17-18-7-2-1-3-8-18)24-11-6-10-23-26(19-15-20-13-14-21(16-19)30-20)22-9-4-5-12-25(22)32-27(23)24/h1-12,20-21,30H,13-17H2,(H,29,31). The number of ether oxygens (including phenoxy) is 1. The number of piperidine rings is 1. The predicted octanol–water partition coefficient (Wildman–Crippen LogP) is 5.44. The van der Waals surface area contributed by atoms with Gasteiger partial charge in [-0.2, -0.15) is 0 Å². The summed E-state index contributed by atoms with van der Waals surface area (Å²) in [7, 11) is 0. The van der Waals surface area contributed by atoms with Crippen molar-refractivity contribution in [2.75, 3.05) is 0 Å². The van der Waals surface area contributed by atoms with E-state index < -0.39 is 0 Å². The summed E-state index contributed by atoms with van der Waals surface area (Å²) in [6.07, 6.45) is 4.61. The molecule has 0 spiro atoms. The van der Waals surface area contributed by atoms with Crippen molar-refractivity contribution in [1.29, 1.82) is 0 Å². The molecule has 3 aromatic rings. The molecule has 1 amide bonds. The summed E-state index contributed by atoms with van der Waals surface area (Å²) in [6, 6.07) is 25.3. The Hall–Kier alpha value is -3.37. The highest BCUT2D eigenvalue weighted by atomic mass is 16.5. The van der Waals surface area contributed by atoms with E-state index in [2.05, 4.69) is 28.8 Å². The average molecular weight is 423 g/mol. The number of hydrogen-bond acceptors (Lipinski definition) is 3. The Kier molecular flexibility index (Phi) is 4.80. The molecule has 3 aromatic carbocycles. The first-order valence-corrected chi connectivity index (χ1v) is 11.5. The van der Waals surface area contributed by atoms with Crippen LogP contribution < -0.4 is 15.4 Å². The highest BCUT2D eigenvalue weighted by Gasteiger charge is 2.35. The van der Waals surface area contributed by atoms with E-state index in [1.54, 1.807) is 0 Å².